The topological polar surface area (TPSA) is 29.1 Å². The first kappa shape index (κ1) is 16.2. The molecule has 1 aromatic rings. The van der Waals surface area contributed by atoms with Gasteiger partial charge in [-0.05, 0) is 58.3 Å². The van der Waals surface area contributed by atoms with E-state index in [2.05, 4.69) is 55.0 Å². The number of hydrogen-bond acceptors (Lipinski definition) is 1. The third-order valence-electron chi connectivity index (χ3n) is 3.67. The van der Waals surface area contributed by atoms with Crippen molar-refractivity contribution < 1.29 is 4.79 Å². The van der Waals surface area contributed by atoms with Crippen LogP contribution in [0.2, 0.25) is 0 Å². The Morgan fingerprint density at radius 3 is 2.37 bits per heavy atom. The van der Waals surface area contributed by atoms with Gasteiger partial charge in [0, 0.05) is 10.9 Å². The van der Waals surface area contributed by atoms with Crippen LogP contribution in [0.5, 0.6) is 0 Å². The van der Waals surface area contributed by atoms with Crippen molar-refractivity contribution in [2.75, 3.05) is 5.32 Å². The quantitative estimate of drug-likeness (QED) is 0.825. The highest BCUT2D eigenvalue weighted by atomic mass is 79.9. The van der Waals surface area contributed by atoms with Crippen LogP contribution >= 0.6 is 15.9 Å². The van der Waals surface area contributed by atoms with Crippen LogP contribution in [0.1, 0.15) is 45.2 Å². The molecule has 0 heterocycles. The zero-order valence-electron chi connectivity index (χ0n) is 12.7. The molecule has 0 aliphatic heterocycles. The van der Waals surface area contributed by atoms with Crippen molar-refractivity contribution in [1.29, 1.82) is 0 Å². The average molecular weight is 326 g/mol. The summed E-state index contributed by atoms with van der Waals surface area (Å²) in [5.41, 5.74) is 3.31. The second-order valence-electron chi connectivity index (χ2n) is 6.46. The average Bonchev–Trinajstić information content (AvgIpc) is 2.21. The molecule has 0 fully saturated rings. The summed E-state index contributed by atoms with van der Waals surface area (Å²) >= 11 is 3.52. The lowest BCUT2D eigenvalue weighted by atomic mass is 9.80. The number of nitrogens with one attached hydrogen (secondary N) is 1. The second kappa shape index (κ2) is 6.08. The van der Waals surface area contributed by atoms with Crippen molar-refractivity contribution in [3.05, 3.63) is 27.7 Å². The van der Waals surface area contributed by atoms with Crippen LogP contribution in [0.15, 0.2) is 16.6 Å². The van der Waals surface area contributed by atoms with Gasteiger partial charge in [-0.2, -0.15) is 0 Å². The fourth-order valence-electron chi connectivity index (χ4n) is 1.85. The molecule has 0 aliphatic carbocycles. The van der Waals surface area contributed by atoms with Crippen molar-refractivity contribution in [1.82, 2.24) is 0 Å². The van der Waals surface area contributed by atoms with E-state index >= 15 is 0 Å². The summed E-state index contributed by atoms with van der Waals surface area (Å²) in [6, 6.07) is 4.10. The number of amides is 1. The number of benzene rings is 1. The minimum Gasteiger partial charge on any atom is -0.325 e. The van der Waals surface area contributed by atoms with Gasteiger partial charge < -0.3 is 5.32 Å². The summed E-state index contributed by atoms with van der Waals surface area (Å²) in [4.78, 5) is 12.1. The number of rotatable bonds is 3. The molecule has 106 valence electrons. The fourth-order valence-corrected chi connectivity index (χ4v) is 2.62. The van der Waals surface area contributed by atoms with E-state index < -0.39 is 0 Å². The van der Waals surface area contributed by atoms with Gasteiger partial charge in [0.25, 0.3) is 0 Å². The van der Waals surface area contributed by atoms with Crippen molar-refractivity contribution in [3.8, 4) is 0 Å². The molecule has 0 bridgehead atoms. The Morgan fingerprint density at radius 2 is 1.89 bits per heavy atom. The zero-order chi connectivity index (χ0) is 14.8. The van der Waals surface area contributed by atoms with Crippen LogP contribution in [0.4, 0.5) is 5.69 Å². The summed E-state index contributed by atoms with van der Waals surface area (Å²) in [5, 5.41) is 3.02. The van der Waals surface area contributed by atoms with E-state index in [1.165, 1.54) is 5.56 Å². The highest BCUT2D eigenvalue weighted by Gasteiger charge is 2.23. The monoisotopic (exact) mass is 325 g/mol. The predicted molar refractivity (Wildman–Crippen MR) is 85.5 cm³/mol. The Morgan fingerprint density at radius 1 is 1.32 bits per heavy atom. The van der Waals surface area contributed by atoms with E-state index in [0.717, 1.165) is 15.7 Å². The van der Waals surface area contributed by atoms with E-state index in [4.69, 9.17) is 0 Å². The van der Waals surface area contributed by atoms with Crippen LogP contribution in [0.25, 0.3) is 0 Å². The van der Waals surface area contributed by atoms with Gasteiger partial charge in [0.15, 0.2) is 0 Å². The molecule has 0 radical (unpaired) electrons. The molecular formula is C16H24BrNO. The highest BCUT2D eigenvalue weighted by Crippen LogP contribution is 2.30. The Balaban J connectivity index is 2.79. The predicted octanol–water partition coefficient (Wildman–Crippen LogP) is 5.08. The molecule has 1 aromatic carbocycles. The summed E-state index contributed by atoms with van der Waals surface area (Å²) in [6.07, 6.45) is 0.545. The Kier molecular flexibility index (Phi) is 5.19. The lowest BCUT2D eigenvalue weighted by Gasteiger charge is -2.26. The molecule has 1 atom stereocenters. The van der Waals surface area contributed by atoms with Crippen molar-refractivity contribution in [3.63, 3.8) is 0 Å². The smallest absolute Gasteiger partial charge is 0.224 e. The molecular weight excluding hydrogens is 302 g/mol. The summed E-state index contributed by atoms with van der Waals surface area (Å²) < 4.78 is 0.946. The van der Waals surface area contributed by atoms with Gasteiger partial charge >= 0.3 is 0 Å². The molecule has 0 saturated carbocycles. The van der Waals surface area contributed by atoms with Gasteiger partial charge in [-0.3, -0.25) is 4.79 Å². The largest absolute Gasteiger partial charge is 0.325 e. The number of anilines is 1. The lowest BCUT2D eigenvalue weighted by Crippen LogP contribution is -2.24. The van der Waals surface area contributed by atoms with Crippen LogP contribution in [-0.2, 0) is 4.79 Å². The number of hydrogen-bond donors (Lipinski definition) is 1. The second-order valence-corrected chi connectivity index (χ2v) is 7.31. The standard InChI is InChI=1S/C16H24BrNO/c1-10-7-11(2)15(13(17)8-10)18-14(19)9-12(3)16(4,5)6/h7-8,12H,9H2,1-6H3,(H,18,19). The van der Waals surface area contributed by atoms with E-state index in [1.54, 1.807) is 0 Å². The summed E-state index contributed by atoms with van der Waals surface area (Å²) in [6.45, 7) is 12.7. The lowest BCUT2D eigenvalue weighted by molar-refractivity contribution is -0.117. The Hall–Kier alpha value is -0.830. The van der Waals surface area contributed by atoms with Gasteiger partial charge in [0.1, 0.15) is 0 Å². The maximum Gasteiger partial charge on any atom is 0.224 e. The number of carbonyl (C=O) groups is 1. The third-order valence-corrected chi connectivity index (χ3v) is 4.29. The molecule has 0 saturated heterocycles. The normalized spacial score (nSPS) is 13.2. The molecule has 1 unspecified atom stereocenters. The summed E-state index contributed by atoms with van der Waals surface area (Å²) in [7, 11) is 0. The van der Waals surface area contributed by atoms with Gasteiger partial charge in [-0.15, -0.1) is 0 Å². The minimum atomic E-state index is 0.0788. The molecule has 0 aliphatic rings. The molecule has 19 heavy (non-hydrogen) atoms. The van der Waals surface area contributed by atoms with Gasteiger partial charge in [-0.25, -0.2) is 0 Å². The van der Waals surface area contributed by atoms with Crippen molar-refractivity contribution in [2.45, 2.75) is 48.0 Å². The van der Waals surface area contributed by atoms with E-state index in [9.17, 15) is 4.79 Å². The molecule has 1 rings (SSSR count). The number of halogens is 1. The van der Waals surface area contributed by atoms with Crippen molar-refractivity contribution >= 4 is 27.5 Å². The van der Waals surface area contributed by atoms with Crippen LogP contribution in [0.3, 0.4) is 0 Å². The Labute approximate surface area is 125 Å². The summed E-state index contributed by atoms with van der Waals surface area (Å²) in [5.74, 6) is 0.423. The molecule has 0 spiro atoms. The maximum atomic E-state index is 12.1. The Bertz CT molecular complexity index is 451. The zero-order valence-corrected chi connectivity index (χ0v) is 14.3. The van der Waals surface area contributed by atoms with E-state index in [0.29, 0.717) is 12.3 Å². The molecule has 0 aromatic heterocycles. The number of carbonyl (C=O) groups excluding carboxylic acids is 1. The number of aryl methyl sites for hydroxylation is 2. The van der Waals surface area contributed by atoms with Gasteiger partial charge in [0.05, 0.1) is 5.69 Å². The molecule has 3 heteroatoms. The van der Waals surface area contributed by atoms with Crippen LogP contribution in [-0.4, -0.2) is 5.91 Å². The first-order valence-electron chi connectivity index (χ1n) is 6.68. The van der Waals surface area contributed by atoms with Gasteiger partial charge in [-0.1, -0.05) is 33.8 Å². The molecule has 1 amide bonds. The maximum absolute atomic E-state index is 12.1. The molecule has 1 N–H and O–H groups in total. The first-order valence-corrected chi connectivity index (χ1v) is 7.47. The van der Waals surface area contributed by atoms with Crippen molar-refractivity contribution in [2.24, 2.45) is 11.3 Å². The fraction of sp³-hybridized carbons (Fsp3) is 0.562. The highest BCUT2D eigenvalue weighted by molar-refractivity contribution is 9.10. The van der Waals surface area contributed by atoms with Crippen LogP contribution < -0.4 is 5.32 Å². The first-order chi connectivity index (χ1) is 8.61. The third kappa shape index (κ3) is 4.64. The van der Waals surface area contributed by atoms with Gasteiger partial charge in [0.2, 0.25) is 5.91 Å². The SMILES string of the molecule is Cc1cc(C)c(NC(=O)CC(C)C(C)(C)C)c(Br)c1. The van der Waals surface area contributed by atoms with E-state index in [-0.39, 0.29) is 11.3 Å². The molecule has 2 nitrogen and oxygen atoms in total. The minimum absolute atomic E-state index is 0.0788. The van der Waals surface area contributed by atoms with E-state index in [1.807, 2.05) is 19.9 Å². The van der Waals surface area contributed by atoms with Crippen LogP contribution in [0, 0.1) is 25.2 Å².